The average molecular weight is 545 g/mol. The summed E-state index contributed by atoms with van der Waals surface area (Å²) in [6.45, 7) is 9.53. The lowest BCUT2D eigenvalue weighted by Crippen LogP contribution is -2.62. The van der Waals surface area contributed by atoms with Gasteiger partial charge in [0.05, 0.1) is 16.9 Å². The Morgan fingerprint density at radius 1 is 1.10 bits per heavy atom. The third kappa shape index (κ3) is 5.28. The van der Waals surface area contributed by atoms with E-state index >= 15 is 0 Å². The second-order valence-electron chi connectivity index (χ2n) is 11.9. The van der Waals surface area contributed by atoms with Crippen molar-refractivity contribution in [1.82, 2.24) is 24.3 Å². The van der Waals surface area contributed by atoms with E-state index < -0.39 is 5.60 Å². The van der Waals surface area contributed by atoms with Crippen LogP contribution in [0.15, 0.2) is 47.7 Å². The van der Waals surface area contributed by atoms with E-state index in [0.29, 0.717) is 24.4 Å². The summed E-state index contributed by atoms with van der Waals surface area (Å²) in [5, 5.41) is 3.49. The maximum Gasteiger partial charge on any atom is 0.410 e. The van der Waals surface area contributed by atoms with Crippen LogP contribution in [0.1, 0.15) is 50.7 Å². The van der Waals surface area contributed by atoms with Gasteiger partial charge in [-0.15, -0.1) is 0 Å². The predicted octanol–water partition coefficient (Wildman–Crippen LogP) is 4.28. The van der Waals surface area contributed by atoms with Crippen LogP contribution in [0.4, 0.5) is 16.3 Å². The lowest BCUT2D eigenvalue weighted by Gasteiger charge is -2.47. The van der Waals surface area contributed by atoms with Crippen molar-refractivity contribution in [2.45, 2.75) is 57.8 Å². The van der Waals surface area contributed by atoms with Crippen molar-refractivity contribution in [3.05, 3.63) is 64.3 Å². The first-order chi connectivity index (χ1) is 19.1. The lowest BCUT2D eigenvalue weighted by molar-refractivity contribution is -0.0196. The standard InChI is InChI=1S/C30H36N6O4/c1-30(2,3)40-29(38)36-15-22(16-36)35-11-9-19(10-12-35)20-5-7-25-24(13-20)33-28-23(17-39-25)27(31-18-32-28)21-6-8-26(37)34(4)14-21/h5-8,13-14,18-19,22H,9-12,15-17H2,1-4H3,(H,31,32,33). The molecule has 2 aromatic heterocycles. The molecule has 2 saturated heterocycles. The first kappa shape index (κ1) is 26.3. The van der Waals surface area contributed by atoms with Crippen molar-refractivity contribution in [2.24, 2.45) is 7.05 Å². The van der Waals surface area contributed by atoms with Crippen LogP contribution in [0, 0.1) is 0 Å². The third-order valence-electron chi connectivity index (χ3n) is 7.96. The number of carbonyl (C=O) groups excluding carboxylic acids is 1. The van der Waals surface area contributed by atoms with Gasteiger partial charge in [-0.05, 0) is 76.4 Å². The van der Waals surface area contributed by atoms with Crippen LogP contribution in [-0.2, 0) is 18.4 Å². The molecule has 3 aliphatic heterocycles. The number of aromatic nitrogens is 3. The molecule has 1 aromatic carbocycles. The summed E-state index contributed by atoms with van der Waals surface area (Å²) in [7, 11) is 1.73. The van der Waals surface area contributed by atoms with E-state index in [9.17, 15) is 9.59 Å². The van der Waals surface area contributed by atoms with Gasteiger partial charge in [0.1, 0.15) is 30.1 Å². The second kappa shape index (κ2) is 10.2. The number of amides is 1. The molecule has 0 aliphatic carbocycles. The topological polar surface area (TPSA) is 102 Å². The van der Waals surface area contributed by atoms with Gasteiger partial charge in [-0.2, -0.15) is 0 Å². The van der Waals surface area contributed by atoms with E-state index in [1.54, 1.807) is 41.2 Å². The highest BCUT2D eigenvalue weighted by Gasteiger charge is 2.38. The number of likely N-dealkylation sites (tertiary alicyclic amines) is 2. The van der Waals surface area contributed by atoms with Gasteiger partial charge >= 0.3 is 6.09 Å². The van der Waals surface area contributed by atoms with Crippen molar-refractivity contribution in [3.8, 4) is 17.0 Å². The van der Waals surface area contributed by atoms with Gasteiger partial charge in [-0.1, -0.05) is 6.07 Å². The molecule has 3 aliphatic rings. The van der Waals surface area contributed by atoms with Crippen molar-refractivity contribution >= 4 is 17.6 Å². The minimum absolute atomic E-state index is 0.0699. The minimum atomic E-state index is -0.464. The summed E-state index contributed by atoms with van der Waals surface area (Å²) in [4.78, 5) is 37.5. The van der Waals surface area contributed by atoms with Crippen molar-refractivity contribution in [1.29, 1.82) is 0 Å². The first-order valence-electron chi connectivity index (χ1n) is 13.9. The Balaban J connectivity index is 1.11. The van der Waals surface area contributed by atoms with E-state index in [0.717, 1.165) is 67.3 Å². The number of nitrogens with zero attached hydrogens (tertiary/aromatic N) is 5. The SMILES string of the molecule is Cn1cc(-c2ncnc3c2COc2ccc(C4CCN(C5CN(C(=O)OC(C)(C)C)C5)CC4)cc2N3)ccc1=O. The maximum atomic E-state index is 12.3. The van der Waals surface area contributed by atoms with Crippen LogP contribution < -0.4 is 15.6 Å². The summed E-state index contributed by atoms with van der Waals surface area (Å²) in [6, 6.07) is 10.1. The van der Waals surface area contributed by atoms with Gasteiger partial charge in [0.2, 0.25) is 5.56 Å². The molecular weight excluding hydrogens is 508 g/mol. The number of carbonyl (C=O) groups is 1. The average Bonchev–Trinajstić information content (AvgIpc) is 3.07. The zero-order chi connectivity index (χ0) is 28.0. The monoisotopic (exact) mass is 544 g/mol. The van der Waals surface area contributed by atoms with Crippen molar-refractivity contribution < 1.29 is 14.3 Å². The minimum Gasteiger partial charge on any atom is -0.486 e. The first-order valence-corrected chi connectivity index (χ1v) is 13.9. The molecule has 0 radical (unpaired) electrons. The van der Waals surface area contributed by atoms with Gasteiger partial charge in [0, 0.05) is 44.0 Å². The highest BCUT2D eigenvalue weighted by molar-refractivity contribution is 5.74. The number of rotatable bonds is 3. The molecule has 0 bridgehead atoms. The number of hydrogen-bond acceptors (Lipinski definition) is 8. The van der Waals surface area contributed by atoms with Gasteiger partial charge in [0.25, 0.3) is 0 Å². The Morgan fingerprint density at radius 2 is 1.88 bits per heavy atom. The third-order valence-corrected chi connectivity index (χ3v) is 7.96. The molecule has 3 aromatic rings. The molecule has 1 amide bonds. The van der Waals surface area contributed by atoms with Crippen LogP contribution in [0.5, 0.6) is 5.75 Å². The number of ether oxygens (including phenoxy) is 2. The molecule has 2 fully saturated rings. The van der Waals surface area contributed by atoms with Gasteiger partial charge in [-0.3, -0.25) is 9.69 Å². The van der Waals surface area contributed by atoms with Crippen LogP contribution in [0.25, 0.3) is 11.3 Å². The van der Waals surface area contributed by atoms with E-state index in [1.807, 2.05) is 26.8 Å². The number of fused-ring (bicyclic) bond motifs is 2. The molecule has 10 nitrogen and oxygen atoms in total. The van der Waals surface area contributed by atoms with E-state index in [4.69, 9.17) is 9.47 Å². The molecule has 6 rings (SSSR count). The fourth-order valence-corrected chi connectivity index (χ4v) is 5.70. The second-order valence-corrected chi connectivity index (χ2v) is 11.9. The Kier molecular flexibility index (Phi) is 6.74. The Labute approximate surface area is 233 Å². The zero-order valence-corrected chi connectivity index (χ0v) is 23.5. The highest BCUT2D eigenvalue weighted by Crippen LogP contribution is 2.39. The highest BCUT2D eigenvalue weighted by atomic mass is 16.6. The van der Waals surface area contributed by atoms with Crippen LogP contribution in [-0.4, -0.2) is 68.3 Å². The number of pyridine rings is 1. The summed E-state index contributed by atoms with van der Waals surface area (Å²) in [6.07, 6.45) is 5.25. The van der Waals surface area contributed by atoms with Crippen molar-refractivity contribution in [3.63, 3.8) is 0 Å². The molecule has 0 saturated carbocycles. The van der Waals surface area contributed by atoms with E-state index in [2.05, 4.69) is 32.3 Å². The normalized spacial score (nSPS) is 18.1. The number of hydrogen-bond donors (Lipinski definition) is 1. The molecular formula is C30H36N6O4. The summed E-state index contributed by atoms with van der Waals surface area (Å²) in [5.41, 5.74) is 4.09. The van der Waals surface area contributed by atoms with Crippen molar-refractivity contribution in [2.75, 3.05) is 31.5 Å². The number of nitrogens with one attached hydrogen (secondary N) is 1. The summed E-state index contributed by atoms with van der Waals surface area (Å²) in [5.74, 6) is 1.95. The molecule has 5 heterocycles. The number of benzene rings is 1. The molecule has 0 spiro atoms. The quantitative estimate of drug-likeness (QED) is 0.522. The largest absolute Gasteiger partial charge is 0.486 e. The zero-order valence-electron chi connectivity index (χ0n) is 23.5. The van der Waals surface area contributed by atoms with Gasteiger partial charge in [-0.25, -0.2) is 14.8 Å². The molecule has 0 atom stereocenters. The molecule has 40 heavy (non-hydrogen) atoms. The predicted molar refractivity (Wildman–Crippen MR) is 152 cm³/mol. The molecule has 10 heteroatoms. The fraction of sp³-hybridized carbons (Fsp3) is 0.467. The van der Waals surface area contributed by atoms with Crippen LogP contribution in [0.2, 0.25) is 0 Å². The van der Waals surface area contributed by atoms with Gasteiger partial charge < -0.3 is 24.3 Å². The Bertz CT molecular complexity index is 1480. The van der Waals surface area contributed by atoms with Crippen LogP contribution in [0.3, 0.4) is 0 Å². The lowest BCUT2D eigenvalue weighted by atomic mass is 9.88. The Morgan fingerprint density at radius 3 is 2.60 bits per heavy atom. The molecule has 1 N–H and O–H groups in total. The summed E-state index contributed by atoms with van der Waals surface area (Å²) >= 11 is 0. The van der Waals surface area contributed by atoms with E-state index in [1.165, 1.54) is 5.56 Å². The number of anilines is 2. The number of aryl methyl sites for hydroxylation is 1. The number of piperidine rings is 1. The van der Waals surface area contributed by atoms with E-state index in [-0.39, 0.29) is 11.7 Å². The molecule has 0 unspecified atom stereocenters. The maximum absolute atomic E-state index is 12.3. The van der Waals surface area contributed by atoms with Gasteiger partial charge in [0.15, 0.2) is 0 Å². The summed E-state index contributed by atoms with van der Waals surface area (Å²) < 4.78 is 13.2. The molecule has 210 valence electrons. The Hall–Kier alpha value is -3.92. The van der Waals surface area contributed by atoms with Crippen LogP contribution >= 0.6 is 0 Å². The fourth-order valence-electron chi connectivity index (χ4n) is 5.70. The smallest absolute Gasteiger partial charge is 0.410 e.